The minimum absolute atomic E-state index is 0.441. The molecule has 0 amide bonds. The molecule has 0 N–H and O–H groups in total. The van der Waals surface area contributed by atoms with Crippen LogP contribution in [0.2, 0.25) is 0 Å². The molecule has 0 radical (unpaired) electrons. The lowest BCUT2D eigenvalue weighted by atomic mass is 10.5. The van der Waals surface area contributed by atoms with Crippen LogP contribution in [0.1, 0.15) is 26.7 Å². The van der Waals surface area contributed by atoms with Gasteiger partial charge in [-0.3, -0.25) is 0 Å². The average molecular weight is 172 g/mol. The van der Waals surface area contributed by atoms with Crippen LogP contribution in [0.15, 0.2) is 0 Å². The van der Waals surface area contributed by atoms with Crippen molar-refractivity contribution in [2.45, 2.75) is 26.7 Å². The van der Waals surface area contributed by atoms with E-state index in [2.05, 4.69) is 0 Å². The zero-order valence-electron chi connectivity index (χ0n) is 7.69. The first-order chi connectivity index (χ1) is 5.70. The predicted octanol–water partition coefficient (Wildman–Crippen LogP) is 0.969. The van der Waals surface area contributed by atoms with Gasteiger partial charge in [0.2, 0.25) is 12.4 Å². The Kier molecular flexibility index (Phi) is 6.05. The minimum Gasteiger partial charge on any atom is -0.624 e. The molecule has 0 rings (SSSR count). The summed E-state index contributed by atoms with van der Waals surface area (Å²) in [7, 11) is 0. The molecule has 0 spiro atoms. The van der Waals surface area contributed by atoms with Gasteiger partial charge < -0.3 is 10.4 Å². The van der Waals surface area contributed by atoms with E-state index in [1.54, 1.807) is 0 Å². The second-order valence-electron chi connectivity index (χ2n) is 2.58. The van der Waals surface area contributed by atoms with E-state index in [1.807, 2.05) is 13.8 Å². The van der Waals surface area contributed by atoms with Crippen LogP contribution >= 0.6 is 0 Å². The molecule has 0 aromatic heterocycles. The molecular weight excluding hydrogens is 156 g/mol. The van der Waals surface area contributed by atoms with Gasteiger partial charge in [-0.05, 0) is 0 Å². The normalized spacial score (nSPS) is 13.5. The largest absolute Gasteiger partial charge is 0.624 e. The van der Waals surface area contributed by atoms with Crippen LogP contribution in [-0.2, 0) is 0 Å². The summed E-state index contributed by atoms with van der Waals surface area (Å²) in [5.74, 6) is 0. The van der Waals surface area contributed by atoms with Crippen LogP contribution in [0.25, 0.3) is 0 Å². The molecule has 12 heavy (non-hydrogen) atoms. The van der Waals surface area contributed by atoms with E-state index >= 15 is 0 Å². The van der Waals surface area contributed by atoms with E-state index in [0.29, 0.717) is 13.1 Å². The van der Waals surface area contributed by atoms with Crippen LogP contribution < -0.4 is 0 Å². The minimum atomic E-state index is 0.441. The Hall–Kier alpha value is -1.06. The molecule has 0 atom stereocenters. The Balaban J connectivity index is 3.89. The fourth-order valence-corrected chi connectivity index (χ4v) is 0.739. The molecule has 0 aromatic rings. The van der Waals surface area contributed by atoms with E-state index in [0.717, 1.165) is 22.3 Å². The summed E-state index contributed by atoms with van der Waals surface area (Å²) in [4.78, 5) is 0. The van der Waals surface area contributed by atoms with Crippen LogP contribution in [0, 0.1) is 10.4 Å². The second kappa shape index (κ2) is 6.64. The fraction of sp³-hybridized carbons (Fsp3) is 0.750. The van der Waals surface area contributed by atoms with E-state index in [1.165, 1.54) is 12.4 Å². The summed E-state index contributed by atoms with van der Waals surface area (Å²) in [6.45, 7) is 4.71. The molecule has 0 fully saturated rings. The first-order valence-electron chi connectivity index (χ1n) is 4.26. The van der Waals surface area contributed by atoms with Gasteiger partial charge in [-0.15, -0.1) is 0 Å². The molecule has 70 valence electrons. The van der Waals surface area contributed by atoms with Crippen molar-refractivity contribution < 1.29 is 9.48 Å². The van der Waals surface area contributed by atoms with Gasteiger partial charge in [0.15, 0.2) is 13.1 Å². The molecule has 0 bridgehead atoms. The third kappa shape index (κ3) is 5.70. The Morgan fingerprint density at radius 1 is 0.917 bits per heavy atom. The third-order valence-corrected chi connectivity index (χ3v) is 1.29. The summed E-state index contributed by atoms with van der Waals surface area (Å²) < 4.78 is 1.53. The molecule has 0 heterocycles. The van der Waals surface area contributed by atoms with Crippen molar-refractivity contribution in [2.75, 3.05) is 13.1 Å². The molecule has 4 nitrogen and oxygen atoms in total. The van der Waals surface area contributed by atoms with Crippen molar-refractivity contribution in [2.24, 2.45) is 0 Å². The summed E-state index contributed by atoms with van der Waals surface area (Å²) in [6.07, 6.45) is 4.12. The lowest BCUT2D eigenvalue weighted by molar-refractivity contribution is -0.464. The number of rotatable bonds is 5. The number of nitrogens with zero attached hydrogens (tertiary/aromatic N) is 2. The Labute approximate surface area is 73.0 Å². The van der Waals surface area contributed by atoms with Gasteiger partial charge >= 0.3 is 0 Å². The summed E-state index contributed by atoms with van der Waals surface area (Å²) in [6, 6.07) is 0. The van der Waals surface area contributed by atoms with Gasteiger partial charge in [0.05, 0.1) is 0 Å². The Bertz CT molecular complexity index is 156. The van der Waals surface area contributed by atoms with Gasteiger partial charge in [-0.2, -0.15) is 0 Å². The maximum Gasteiger partial charge on any atom is 0.239 e. The Morgan fingerprint density at radius 3 is 1.50 bits per heavy atom. The zero-order valence-corrected chi connectivity index (χ0v) is 7.69. The van der Waals surface area contributed by atoms with Crippen LogP contribution in [0.5, 0.6) is 0 Å². The topological polar surface area (TPSA) is 52.1 Å². The van der Waals surface area contributed by atoms with Crippen LogP contribution in [-0.4, -0.2) is 35.0 Å². The van der Waals surface area contributed by atoms with Crippen molar-refractivity contribution >= 4 is 12.4 Å². The maximum absolute atomic E-state index is 10.8. The highest BCUT2D eigenvalue weighted by Gasteiger charge is 1.91. The quantitative estimate of drug-likeness (QED) is 0.268. The molecule has 0 aliphatic heterocycles. The molecule has 0 aliphatic carbocycles. The number of hydroxylamine groups is 2. The standard InChI is InChI=1S/C8H16N2O2/c1-3-5-9(11)7-8-10(12)6-4-2/h7-8H,3-6H2,1-2H3/b9-7-,10-8-. The van der Waals surface area contributed by atoms with Crippen molar-refractivity contribution in [3.05, 3.63) is 10.4 Å². The van der Waals surface area contributed by atoms with E-state index in [9.17, 15) is 10.4 Å². The van der Waals surface area contributed by atoms with Crippen LogP contribution in [0.3, 0.4) is 0 Å². The SMILES string of the molecule is CCC/[N+]([O-])=C/C=[N+](\[O-])CCC. The summed E-state index contributed by atoms with van der Waals surface area (Å²) >= 11 is 0. The predicted molar refractivity (Wildman–Crippen MR) is 49.7 cm³/mol. The first-order valence-corrected chi connectivity index (χ1v) is 4.26. The van der Waals surface area contributed by atoms with Gasteiger partial charge in [-0.25, -0.2) is 9.48 Å². The highest BCUT2D eigenvalue weighted by molar-refractivity contribution is 6.10. The smallest absolute Gasteiger partial charge is 0.239 e. The maximum atomic E-state index is 10.8. The first kappa shape index (κ1) is 10.9. The van der Waals surface area contributed by atoms with Crippen molar-refractivity contribution in [1.82, 2.24) is 0 Å². The highest BCUT2D eigenvalue weighted by atomic mass is 16.5. The number of hydrogen-bond donors (Lipinski definition) is 0. The summed E-state index contributed by atoms with van der Waals surface area (Å²) in [5, 5.41) is 21.6. The monoisotopic (exact) mass is 172 g/mol. The van der Waals surface area contributed by atoms with Crippen molar-refractivity contribution in [3.63, 3.8) is 0 Å². The molecule has 0 aromatic carbocycles. The van der Waals surface area contributed by atoms with Gasteiger partial charge in [0.1, 0.15) is 0 Å². The van der Waals surface area contributed by atoms with Gasteiger partial charge in [0, 0.05) is 12.8 Å². The molecule has 0 unspecified atom stereocenters. The lowest BCUT2D eigenvalue weighted by Crippen LogP contribution is -2.12. The lowest BCUT2D eigenvalue weighted by Gasteiger charge is -2.00. The summed E-state index contributed by atoms with van der Waals surface area (Å²) in [5.41, 5.74) is 0. The third-order valence-electron chi connectivity index (χ3n) is 1.29. The molecular formula is C8H16N2O2. The van der Waals surface area contributed by atoms with Crippen LogP contribution in [0.4, 0.5) is 0 Å². The zero-order chi connectivity index (χ0) is 9.40. The average Bonchev–Trinajstić information content (AvgIpc) is 2.02. The highest BCUT2D eigenvalue weighted by Crippen LogP contribution is 1.77. The van der Waals surface area contributed by atoms with Crippen molar-refractivity contribution in [1.29, 1.82) is 0 Å². The Morgan fingerprint density at radius 2 is 1.25 bits per heavy atom. The fourth-order valence-electron chi connectivity index (χ4n) is 0.739. The van der Waals surface area contributed by atoms with Gasteiger partial charge in [-0.1, -0.05) is 13.8 Å². The van der Waals surface area contributed by atoms with E-state index < -0.39 is 0 Å². The second-order valence-corrected chi connectivity index (χ2v) is 2.58. The van der Waals surface area contributed by atoms with E-state index in [4.69, 9.17) is 0 Å². The van der Waals surface area contributed by atoms with Gasteiger partial charge in [0.25, 0.3) is 0 Å². The number of hydrogen-bond acceptors (Lipinski definition) is 2. The van der Waals surface area contributed by atoms with Crippen molar-refractivity contribution in [3.8, 4) is 0 Å². The molecule has 4 heteroatoms. The molecule has 0 saturated carbocycles. The molecule has 0 saturated heterocycles. The molecule has 0 aliphatic rings. The van der Waals surface area contributed by atoms with E-state index in [-0.39, 0.29) is 0 Å².